The zero-order valence-corrected chi connectivity index (χ0v) is 19.9. The molecule has 1 saturated heterocycles. The third-order valence-electron chi connectivity index (χ3n) is 5.22. The molecule has 1 heterocycles. The molecule has 0 radical (unpaired) electrons. The van der Waals surface area contributed by atoms with Gasteiger partial charge in [-0.2, -0.15) is 0 Å². The summed E-state index contributed by atoms with van der Waals surface area (Å²) < 4.78 is 49.7. The fraction of sp³-hybridized carbons (Fsp3) is 0.435. The quantitative estimate of drug-likeness (QED) is 0.529. The van der Waals surface area contributed by atoms with Crippen LogP contribution in [0.4, 0.5) is 5.69 Å². The van der Waals surface area contributed by atoms with Crippen LogP contribution < -0.4 is 23.8 Å². The van der Waals surface area contributed by atoms with Gasteiger partial charge in [-0.05, 0) is 56.2 Å². The predicted molar refractivity (Wildman–Crippen MR) is 124 cm³/mol. The Morgan fingerprint density at radius 2 is 1.85 bits per heavy atom. The zero-order chi connectivity index (χ0) is 23.8. The number of carbonyl (C=O) groups is 1. The van der Waals surface area contributed by atoms with Crippen molar-refractivity contribution in [2.45, 2.75) is 30.8 Å². The molecular formula is C23H30N2O7S. The number of ether oxygens (including phenoxy) is 4. The molecule has 1 N–H and O–H groups in total. The van der Waals surface area contributed by atoms with Gasteiger partial charge in [-0.15, -0.1) is 0 Å². The average molecular weight is 479 g/mol. The number of amides is 1. The molecule has 0 spiro atoms. The Labute approximate surface area is 194 Å². The largest absolute Gasteiger partial charge is 0.494 e. The van der Waals surface area contributed by atoms with Gasteiger partial charge in [-0.25, -0.2) is 8.42 Å². The summed E-state index contributed by atoms with van der Waals surface area (Å²) >= 11 is 0. The van der Waals surface area contributed by atoms with Crippen LogP contribution in [0.15, 0.2) is 47.4 Å². The number of sulfonamides is 1. The van der Waals surface area contributed by atoms with E-state index in [1.165, 1.54) is 32.4 Å². The van der Waals surface area contributed by atoms with Crippen LogP contribution in [-0.2, 0) is 19.6 Å². The number of hydrogen-bond donors (Lipinski definition) is 1. The Morgan fingerprint density at radius 3 is 2.45 bits per heavy atom. The summed E-state index contributed by atoms with van der Waals surface area (Å²) in [6, 6.07) is 10.9. The molecule has 1 amide bonds. The minimum atomic E-state index is -4.10. The molecule has 1 fully saturated rings. The van der Waals surface area contributed by atoms with Crippen molar-refractivity contribution in [3.8, 4) is 17.2 Å². The first kappa shape index (κ1) is 24.7. The maximum absolute atomic E-state index is 13.6. The van der Waals surface area contributed by atoms with Gasteiger partial charge in [0.2, 0.25) is 5.91 Å². The Kier molecular flexibility index (Phi) is 8.40. The lowest BCUT2D eigenvalue weighted by Gasteiger charge is -2.25. The first-order valence-corrected chi connectivity index (χ1v) is 12.2. The van der Waals surface area contributed by atoms with Gasteiger partial charge in [0.1, 0.15) is 12.3 Å². The topological polar surface area (TPSA) is 103 Å². The van der Waals surface area contributed by atoms with E-state index in [4.69, 9.17) is 18.9 Å². The number of benzene rings is 2. The van der Waals surface area contributed by atoms with E-state index in [0.29, 0.717) is 36.9 Å². The molecule has 1 aliphatic heterocycles. The summed E-state index contributed by atoms with van der Waals surface area (Å²) in [6.07, 6.45) is 1.77. The minimum absolute atomic E-state index is 0.0269. The average Bonchev–Trinajstić information content (AvgIpc) is 3.35. The molecule has 10 heteroatoms. The van der Waals surface area contributed by atoms with E-state index in [9.17, 15) is 13.2 Å². The van der Waals surface area contributed by atoms with Crippen molar-refractivity contribution in [2.24, 2.45) is 0 Å². The summed E-state index contributed by atoms with van der Waals surface area (Å²) in [6.45, 7) is 2.97. The van der Waals surface area contributed by atoms with Crippen molar-refractivity contribution in [1.29, 1.82) is 0 Å². The van der Waals surface area contributed by atoms with Gasteiger partial charge >= 0.3 is 0 Å². The van der Waals surface area contributed by atoms with Gasteiger partial charge in [-0.1, -0.05) is 0 Å². The van der Waals surface area contributed by atoms with Crippen molar-refractivity contribution in [1.82, 2.24) is 5.32 Å². The van der Waals surface area contributed by atoms with Gasteiger partial charge in [0.25, 0.3) is 10.0 Å². The monoisotopic (exact) mass is 478 g/mol. The predicted octanol–water partition coefficient (Wildman–Crippen LogP) is 2.59. The highest BCUT2D eigenvalue weighted by atomic mass is 32.2. The smallest absolute Gasteiger partial charge is 0.264 e. The van der Waals surface area contributed by atoms with Gasteiger partial charge in [-0.3, -0.25) is 9.10 Å². The summed E-state index contributed by atoms with van der Waals surface area (Å²) in [5.74, 6) is 0.849. The van der Waals surface area contributed by atoms with Crippen molar-refractivity contribution in [2.75, 3.05) is 44.8 Å². The van der Waals surface area contributed by atoms with Crippen LogP contribution in [0.5, 0.6) is 17.2 Å². The molecule has 2 aromatic rings. The highest BCUT2D eigenvalue weighted by molar-refractivity contribution is 7.92. The molecule has 1 aliphatic rings. The van der Waals surface area contributed by atoms with E-state index in [0.717, 1.165) is 17.1 Å². The van der Waals surface area contributed by atoms with Crippen LogP contribution in [0.25, 0.3) is 0 Å². The van der Waals surface area contributed by atoms with Crippen LogP contribution in [0.1, 0.15) is 19.8 Å². The van der Waals surface area contributed by atoms with E-state index >= 15 is 0 Å². The normalized spacial score (nSPS) is 15.7. The number of methoxy groups -OCH3 is 2. The number of rotatable bonds is 11. The second-order valence-electron chi connectivity index (χ2n) is 7.39. The maximum Gasteiger partial charge on any atom is 0.264 e. The summed E-state index contributed by atoms with van der Waals surface area (Å²) in [5, 5.41) is 2.78. The van der Waals surface area contributed by atoms with Crippen LogP contribution in [0.2, 0.25) is 0 Å². The Balaban J connectivity index is 1.90. The molecule has 9 nitrogen and oxygen atoms in total. The van der Waals surface area contributed by atoms with Crippen molar-refractivity contribution in [3.05, 3.63) is 42.5 Å². The standard InChI is InChI=1S/C23H30N2O7S/c1-4-31-18-9-7-17(8-10-18)25(16-23(26)24-15-19-6-5-13-32-19)33(27,28)20-11-12-21(29-2)22(14-20)30-3/h7-12,14,19H,4-6,13,15-16H2,1-3H3,(H,24,26)/t19-/m0/s1. The van der Waals surface area contributed by atoms with Crippen LogP contribution >= 0.6 is 0 Å². The molecular weight excluding hydrogens is 448 g/mol. The number of nitrogens with one attached hydrogen (secondary N) is 1. The molecule has 1 atom stereocenters. The molecule has 2 aromatic carbocycles. The van der Waals surface area contributed by atoms with Crippen LogP contribution in [-0.4, -0.2) is 61.0 Å². The summed E-state index contributed by atoms with van der Waals surface area (Å²) in [4.78, 5) is 12.7. The Bertz CT molecular complexity index is 1040. The third-order valence-corrected chi connectivity index (χ3v) is 6.99. The Morgan fingerprint density at radius 1 is 1.12 bits per heavy atom. The molecule has 33 heavy (non-hydrogen) atoms. The fourth-order valence-corrected chi connectivity index (χ4v) is 4.95. The lowest BCUT2D eigenvalue weighted by atomic mass is 10.2. The zero-order valence-electron chi connectivity index (χ0n) is 19.1. The molecule has 0 bridgehead atoms. The van der Waals surface area contributed by atoms with Gasteiger partial charge < -0.3 is 24.3 Å². The fourth-order valence-electron chi connectivity index (χ4n) is 3.51. The second kappa shape index (κ2) is 11.2. The van der Waals surface area contributed by atoms with Crippen molar-refractivity contribution in [3.63, 3.8) is 0 Å². The minimum Gasteiger partial charge on any atom is -0.494 e. The van der Waals surface area contributed by atoms with Gasteiger partial charge in [0, 0.05) is 19.2 Å². The first-order valence-electron chi connectivity index (χ1n) is 10.7. The number of carbonyl (C=O) groups excluding carboxylic acids is 1. The molecule has 180 valence electrons. The molecule has 0 aromatic heterocycles. The summed E-state index contributed by atoms with van der Waals surface area (Å²) in [7, 11) is -1.21. The maximum atomic E-state index is 13.6. The lowest BCUT2D eigenvalue weighted by molar-refractivity contribution is -0.120. The molecule has 3 rings (SSSR count). The van der Waals surface area contributed by atoms with Crippen molar-refractivity contribution >= 4 is 21.6 Å². The highest BCUT2D eigenvalue weighted by Gasteiger charge is 2.29. The van der Waals surface area contributed by atoms with E-state index in [1.807, 2.05) is 6.92 Å². The van der Waals surface area contributed by atoms with Crippen molar-refractivity contribution < 1.29 is 32.2 Å². The molecule has 0 saturated carbocycles. The number of nitrogens with zero attached hydrogens (tertiary/aromatic N) is 1. The summed E-state index contributed by atoms with van der Waals surface area (Å²) in [5.41, 5.74) is 0.334. The van der Waals surface area contributed by atoms with Crippen LogP contribution in [0, 0.1) is 0 Å². The lowest BCUT2D eigenvalue weighted by Crippen LogP contribution is -2.42. The first-order chi connectivity index (χ1) is 15.9. The van der Waals surface area contributed by atoms with Crippen LogP contribution in [0.3, 0.4) is 0 Å². The van der Waals surface area contributed by atoms with E-state index < -0.39 is 22.5 Å². The second-order valence-corrected chi connectivity index (χ2v) is 9.26. The highest BCUT2D eigenvalue weighted by Crippen LogP contribution is 2.32. The third kappa shape index (κ3) is 6.08. The number of anilines is 1. The molecule has 0 unspecified atom stereocenters. The van der Waals surface area contributed by atoms with Gasteiger partial charge in [0.05, 0.1) is 37.5 Å². The van der Waals surface area contributed by atoms with E-state index in [1.54, 1.807) is 24.3 Å². The number of hydrogen-bond acceptors (Lipinski definition) is 7. The van der Waals surface area contributed by atoms with E-state index in [-0.39, 0.29) is 16.7 Å². The van der Waals surface area contributed by atoms with E-state index in [2.05, 4.69) is 5.32 Å². The van der Waals surface area contributed by atoms with Gasteiger partial charge in [0.15, 0.2) is 11.5 Å². The molecule has 0 aliphatic carbocycles. The Hall–Kier alpha value is -2.98. The SMILES string of the molecule is CCOc1ccc(N(CC(=O)NC[C@@H]2CCCO2)S(=O)(=O)c2ccc(OC)c(OC)c2)cc1.